The Morgan fingerprint density at radius 1 is 1.40 bits per heavy atom. The molecule has 1 N–H and O–H groups in total. The van der Waals surface area contributed by atoms with Crippen LogP contribution < -0.4 is 5.32 Å². The number of amides is 1. The van der Waals surface area contributed by atoms with Crippen molar-refractivity contribution in [2.24, 2.45) is 0 Å². The fraction of sp³-hybridized carbons (Fsp3) is 0.417. The molecular formula is C12H16ClNO. The van der Waals surface area contributed by atoms with Crippen molar-refractivity contribution >= 4 is 17.5 Å². The predicted octanol–water partition coefficient (Wildman–Crippen LogP) is 2.36. The molecule has 82 valence electrons. The van der Waals surface area contributed by atoms with E-state index < -0.39 is 0 Å². The minimum absolute atomic E-state index is 0.0217. The van der Waals surface area contributed by atoms with Gasteiger partial charge >= 0.3 is 0 Å². The molecule has 2 nitrogen and oxygen atoms in total. The molecule has 0 bridgehead atoms. The second-order valence-electron chi connectivity index (χ2n) is 3.60. The summed E-state index contributed by atoms with van der Waals surface area (Å²) in [6, 6.07) is 10.3. The second-order valence-corrected chi connectivity index (χ2v) is 3.98. The monoisotopic (exact) mass is 225 g/mol. The Labute approximate surface area is 95.6 Å². The van der Waals surface area contributed by atoms with Crippen LogP contribution in [0.2, 0.25) is 0 Å². The Kier molecular flexibility index (Phi) is 5.19. The molecule has 0 spiro atoms. The molecule has 0 aliphatic heterocycles. The van der Waals surface area contributed by atoms with Gasteiger partial charge in [0, 0.05) is 18.3 Å². The number of hydrogen-bond donors (Lipinski definition) is 1. The molecule has 1 aromatic carbocycles. The molecule has 1 atom stereocenters. The summed E-state index contributed by atoms with van der Waals surface area (Å²) in [5.41, 5.74) is 1.23. The molecule has 0 radical (unpaired) electrons. The summed E-state index contributed by atoms with van der Waals surface area (Å²) in [5, 5.41) is 2.91. The van der Waals surface area contributed by atoms with Gasteiger partial charge < -0.3 is 5.32 Å². The van der Waals surface area contributed by atoms with Gasteiger partial charge in [-0.05, 0) is 18.9 Å². The average molecular weight is 226 g/mol. The Morgan fingerprint density at radius 3 is 2.67 bits per heavy atom. The largest absolute Gasteiger partial charge is 0.353 e. The highest BCUT2D eigenvalue weighted by molar-refractivity contribution is 6.18. The molecule has 0 heterocycles. The van der Waals surface area contributed by atoms with Gasteiger partial charge in [-0.3, -0.25) is 4.79 Å². The maximum absolute atomic E-state index is 11.2. The number of alkyl halides is 1. The summed E-state index contributed by atoms with van der Waals surface area (Å²) < 4.78 is 0. The highest BCUT2D eigenvalue weighted by Gasteiger charge is 2.06. The Balaban J connectivity index is 2.36. The van der Waals surface area contributed by atoms with E-state index in [1.807, 2.05) is 25.1 Å². The Morgan fingerprint density at radius 2 is 2.07 bits per heavy atom. The van der Waals surface area contributed by atoms with Gasteiger partial charge in [0.2, 0.25) is 5.91 Å². The fourth-order valence-corrected chi connectivity index (χ4v) is 1.62. The summed E-state index contributed by atoms with van der Waals surface area (Å²) >= 11 is 5.48. The first kappa shape index (κ1) is 12.1. The maximum Gasteiger partial charge on any atom is 0.221 e. The molecule has 0 saturated carbocycles. The van der Waals surface area contributed by atoms with E-state index >= 15 is 0 Å². The van der Waals surface area contributed by atoms with Crippen molar-refractivity contribution < 1.29 is 4.79 Å². The fourth-order valence-electron chi connectivity index (χ4n) is 1.45. The predicted molar refractivity (Wildman–Crippen MR) is 63.1 cm³/mol. The van der Waals surface area contributed by atoms with Crippen molar-refractivity contribution in [3.63, 3.8) is 0 Å². The van der Waals surface area contributed by atoms with Crippen molar-refractivity contribution in [1.29, 1.82) is 0 Å². The highest BCUT2D eigenvalue weighted by atomic mass is 35.5. The Hall–Kier alpha value is -1.02. The van der Waals surface area contributed by atoms with Crippen LogP contribution in [0.4, 0.5) is 0 Å². The first-order valence-corrected chi connectivity index (χ1v) is 5.65. The molecule has 0 saturated heterocycles. The zero-order valence-corrected chi connectivity index (χ0v) is 9.63. The van der Waals surface area contributed by atoms with Crippen molar-refractivity contribution in [3.05, 3.63) is 35.9 Å². The SMILES string of the molecule is CC(Cc1ccccc1)NC(=O)CCCl. The van der Waals surface area contributed by atoms with Gasteiger partial charge in [-0.25, -0.2) is 0 Å². The quantitative estimate of drug-likeness (QED) is 0.766. The van der Waals surface area contributed by atoms with Crippen LogP contribution in [-0.2, 0) is 11.2 Å². The number of benzene rings is 1. The number of carbonyl (C=O) groups is 1. The molecule has 0 fully saturated rings. The van der Waals surface area contributed by atoms with E-state index in [-0.39, 0.29) is 11.9 Å². The number of carbonyl (C=O) groups excluding carboxylic acids is 1. The molecule has 1 aromatic rings. The zero-order valence-electron chi connectivity index (χ0n) is 8.87. The van der Waals surface area contributed by atoms with E-state index in [1.165, 1.54) is 5.56 Å². The molecule has 1 amide bonds. The first-order chi connectivity index (χ1) is 7.22. The number of hydrogen-bond acceptors (Lipinski definition) is 1. The third-order valence-electron chi connectivity index (χ3n) is 2.11. The normalized spacial score (nSPS) is 12.1. The topological polar surface area (TPSA) is 29.1 Å². The summed E-state index contributed by atoms with van der Waals surface area (Å²) in [6.07, 6.45) is 1.25. The lowest BCUT2D eigenvalue weighted by atomic mass is 10.1. The minimum atomic E-state index is 0.0217. The molecule has 3 heteroatoms. The lowest BCUT2D eigenvalue weighted by molar-refractivity contribution is -0.121. The molecule has 0 aromatic heterocycles. The van der Waals surface area contributed by atoms with Gasteiger partial charge in [-0.15, -0.1) is 11.6 Å². The molecule has 15 heavy (non-hydrogen) atoms. The van der Waals surface area contributed by atoms with Crippen molar-refractivity contribution in [1.82, 2.24) is 5.32 Å². The Bertz CT molecular complexity index is 300. The smallest absolute Gasteiger partial charge is 0.221 e. The van der Waals surface area contributed by atoms with Crippen LogP contribution in [0.5, 0.6) is 0 Å². The first-order valence-electron chi connectivity index (χ1n) is 5.11. The molecule has 0 aliphatic rings. The second kappa shape index (κ2) is 6.46. The highest BCUT2D eigenvalue weighted by Crippen LogP contribution is 2.02. The van der Waals surface area contributed by atoms with Crippen LogP contribution in [0.15, 0.2) is 30.3 Å². The zero-order chi connectivity index (χ0) is 11.1. The van der Waals surface area contributed by atoms with E-state index in [0.717, 1.165) is 6.42 Å². The number of nitrogens with one attached hydrogen (secondary N) is 1. The minimum Gasteiger partial charge on any atom is -0.353 e. The molecule has 1 rings (SSSR count). The van der Waals surface area contributed by atoms with Gasteiger partial charge in [-0.1, -0.05) is 30.3 Å². The number of rotatable bonds is 5. The molecule has 1 unspecified atom stereocenters. The summed E-state index contributed by atoms with van der Waals surface area (Å²) in [4.78, 5) is 11.2. The van der Waals surface area contributed by atoms with E-state index in [4.69, 9.17) is 11.6 Å². The van der Waals surface area contributed by atoms with Crippen molar-refractivity contribution in [3.8, 4) is 0 Å². The summed E-state index contributed by atoms with van der Waals surface area (Å²) in [6.45, 7) is 2.00. The van der Waals surface area contributed by atoms with Crippen LogP contribution in [-0.4, -0.2) is 17.8 Å². The van der Waals surface area contributed by atoms with Crippen LogP contribution >= 0.6 is 11.6 Å². The van der Waals surface area contributed by atoms with E-state index in [9.17, 15) is 4.79 Å². The van der Waals surface area contributed by atoms with E-state index in [2.05, 4.69) is 17.4 Å². The molecular weight excluding hydrogens is 210 g/mol. The average Bonchev–Trinajstić information content (AvgIpc) is 2.19. The molecule has 0 aliphatic carbocycles. The van der Waals surface area contributed by atoms with Crippen LogP contribution in [0.1, 0.15) is 18.9 Å². The van der Waals surface area contributed by atoms with Crippen LogP contribution in [0, 0.1) is 0 Å². The number of halogens is 1. The van der Waals surface area contributed by atoms with Gasteiger partial charge in [0.1, 0.15) is 0 Å². The lowest BCUT2D eigenvalue weighted by Gasteiger charge is -2.13. The van der Waals surface area contributed by atoms with Gasteiger partial charge in [-0.2, -0.15) is 0 Å². The summed E-state index contributed by atoms with van der Waals surface area (Å²) in [5.74, 6) is 0.401. The van der Waals surface area contributed by atoms with Crippen molar-refractivity contribution in [2.45, 2.75) is 25.8 Å². The van der Waals surface area contributed by atoms with Crippen LogP contribution in [0.3, 0.4) is 0 Å². The van der Waals surface area contributed by atoms with Crippen molar-refractivity contribution in [2.75, 3.05) is 5.88 Å². The summed E-state index contributed by atoms with van der Waals surface area (Å²) in [7, 11) is 0. The third kappa shape index (κ3) is 4.84. The lowest BCUT2D eigenvalue weighted by Crippen LogP contribution is -2.34. The van der Waals surface area contributed by atoms with Gasteiger partial charge in [0.15, 0.2) is 0 Å². The van der Waals surface area contributed by atoms with E-state index in [1.54, 1.807) is 0 Å². The standard InChI is InChI=1S/C12H16ClNO/c1-10(14-12(15)7-8-13)9-11-5-3-2-4-6-11/h2-6,10H,7-9H2,1H3,(H,14,15). The van der Waals surface area contributed by atoms with E-state index in [0.29, 0.717) is 12.3 Å². The van der Waals surface area contributed by atoms with Gasteiger partial charge in [0.05, 0.1) is 0 Å². The van der Waals surface area contributed by atoms with Gasteiger partial charge in [0.25, 0.3) is 0 Å². The maximum atomic E-state index is 11.2. The third-order valence-corrected chi connectivity index (χ3v) is 2.30. The van der Waals surface area contributed by atoms with Crippen LogP contribution in [0.25, 0.3) is 0 Å².